The number of Topliss-reactive ketones (excluding diaryl/α,β-unsaturated/α-hetero) is 1. The SMILES string of the molecule is CC(C(=O)c1ccccc1)c1cc(-c2ccccc2)sc1C(=O)O. The maximum Gasteiger partial charge on any atom is 0.346 e. The summed E-state index contributed by atoms with van der Waals surface area (Å²) >= 11 is 1.21. The Labute approximate surface area is 144 Å². The van der Waals surface area contributed by atoms with Crippen molar-refractivity contribution in [2.75, 3.05) is 0 Å². The van der Waals surface area contributed by atoms with Crippen molar-refractivity contribution >= 4 is 23.1 Å². The molecule has 0 fully saturated rings. The van der Waals surface area contributed by atoms with E-state index in [1.54, 1.807) is 31.2 Å². The lowest BCUT2D eigenvalue weighted by Gasteiger charge is -2.10. The van der Waals surface area contributed by atoms with Crippen LogP contribution in [0.2, 0.25) is 0 Å². The fourth-order valence-corrected chi connectivity index (χ4v) is 3.73. The van der Waals surface area contributed by atoms with Gasteiger partial charge in [0.25, 0.3) is 0 Å². The summed E-state index contributed by atoms with van der Waals surface area (Å²) in [7, 11) is 0. The lowest BCUT2D eigenvalue weighted by Crippen LogP contribution is -2.11. The van der Waals surface area contributed by atoms with Gasteiger partial charge in [-0.3, -0.25) is 4.79 Å². The molecule has 4 heteroatoms. The van der Waals surface area contributed by atoms with E-state index in [0.717, 1.165) is 10.4 Å². The van der Waals surface area contributed by atoms with Gasteiger partial charge in [-0.05, 0) is 17.2 Å². The Hall–Kier alpha value is -2.72. The molecule has 1 atom stereocenters. The highest BCUT2D eigenvalue weighted by molar-refractivity contribution is 7.17. The molecule has 0 aliphatic heterocycles. The molecule has 0 spiro atoms. The van der Waals surface area contributed by atoms with E-state index in [0.29, 0.717) is 11.1 Å². The minimum Gasteiger partial charge on any atom is -0.477 e. The molecular weight excluding hydrogens is 320 g/mol. The van der Waals surface area contributed by atoms with Gasteiger partial charge in [-0.25, -0.2) is 4.79 Å². The van der Waals surface area contributed by atoms with Gasteiger partial charge in [-0.15, -0.1) is 11.3 Å². The summed E-state index contributed by atoms with van der Waals surface area (Å²) in [5.41, 5.74) is 2.12. The molecule has 1 N–H and O–H groups in total. The van der Waals surface area contributed by atoms with Crippen molar-refractivity contribution in [1.82, 2.24) is 0 Å². The number of hydrogen-bond donors (Lipinski definition) is 1. The number of carbonyl (C=O) groups excluding carboxylic acids is 1. The smallest absolute Gasteiger partial charge is 0.346 e. The topological polar surface area (TPSA) is 54.4 Å². The number of carboxylic acids is 1. The number of rotatable bonds is 5. The molecule has 2 aromatic carbocycles. The molecule has 0 bridgehead atoms. The van der Waals surface area contributed by atoms with E-state index in [4.69, 9.17) is 0 Å². The monoisotopic (exact) mass is 336 g/mol. The summed E-state index contributed by atoms with van der Waals surface area (Å²) in [5, 5.41) is 9.53. The summed E-state index contributed by atoms with van der Waals surface area (Å²) in [5.74, 6) is -1.58. The van der Waals surface area contributed by atoms with E-state index in [1.807, 2.05) is 42.5 Å². The zero-order chi connectivity index (χ0) is 17.1. The second-order valence-electron chi connectivity index (χ2n) is 5.52. The first-order valence-electron chi connectivity index (χ1n) is 7.59. The van der Waals surface area contributed by atoms with Crippen molar-refractivity contribution < 1.29 is 14.7 Å². The molecule has 0 radical (unpaired) electrons. The first-order valence-corrected chi connectivity index (χ1v) is 8.41. The van der Waals surface area contributed by atoms with Crippen molar-refractivity contribution in [2.24, 2.45) is 0 Å². The summed E-state index contributed by atoms with van der Waals surface area (Å²) in [6.07, 6.45) is 0. The summed E-state index contributed by atoms with van der Waals surface area (Å²) < 4.78 is 0. The number of ketones is 1. The highest BCUT2D eigenvalue weighted by Crippen LogP contribution is 2.36. The Morgan fingerprint density at radius 2 is 1.54 bits per heavy atom. The van der Waals surface area contributed by atoms with Crippen LogP contribution >= 0.6 is 11.3 Å². The highest BCUT2D eigenvalue weighted by atomic mass is 32.1. The molecule has 1 unspecified atom stereocenters. The van der Waals surface area contributed by atoms with Crippen LogP contribution in [0.4, 0.5) is 0 Å². The third-order valence-corrected chi connectivity index (χ3v) is 5.12. The van der Waals surface area contributed by atoms with Crippen LogP contribution in [0.1, 0.15) is 38.4 Å². The Morgan fingerprint density at radius 3 is 2.12 bits per heavy atom. The molecule has 120 valence electrons. The maximum atomic E-state index is 12.7. The third kappa shape index (κ3) is 3.14. The molecule has 0 saturated carbocycles. The number of carbonyl (C=O) groups is 2. The lowest BCUT2D eigenvalue weighted by atomic mass is 9.92. The predicted octanol–water partition coefficient (Wildman–Crippen LogP) is 5.10. The van der Waals surface area contributed by atoms with Crippen LogP contribution in [0.15, 0.2) is 66.7 Å². The molecule has 1 aromatic heterocycles. The minimum absolute atomic E-state index is 0.0736. The van der Waals surface area contributed by atoms with Crippen molar-refractivity contribution in [1.29, 1.82) is 0 Å². The van der Waals surface area contributed by atoms with Gasteiger partial charge in [0.15, 0.2) is 5.78 Å². The maximum absolute atomic E-state index is 12.7. The number of carboxylic acid groups (broad SMARTS) is 1. The van der Waals surface area contributed by atoms with Gasteiger partial charge in [0.05, 0.1) is 0 Å². The van der Waals surface area contributed by atoms with E-state index in [2.05, 4.69) is 0 Å². The van der Waals surface area contributed by atoms with Gasteiger partial charge in [-0.1, -0.05) is 67.6 Å². The number of thiophene rings is 1. The van der Waals surface area contributed by atoms with Crippen LogP contribution in [0.3, 0.4) is 0 Å². The van der Waals surface area contributed by atoms with Gasteiger partial charge < -0.3 is 5.11 Å². The fraction of sp³-hybridized carbons (Fsp3) is 0.100. The number of hydrogen-bond acceptors (Lipinski definition) is 3. The molecule has 0 aliphatic carbocycles. The van der Waals surface area contributed by atoms with Gasteiger partial charge in [0.1, 0.15) is 4.88 Å². The predicted molar refractivity (Wildman–Crippen MR) is 95.9 cm³/mol. The van der Waals surface area contributed by atoms with Gasteiger partial charge >= 0.3 is 5.97 Å². The van der Waals surface area contributed by atoms with E-state index in [9.17, 15) is 14.7 Å². The van der Waals surface area contributed by atoms with Crippen LogP contribution in [0.5, 0.6) is 0 Å². The molecule has 3 rings (SSSR count). The molecule has 0 amide bonds. The number of benzene rings is 2. The summed E-state index contributed by atoms with van der Waals surface area (Å²) in [4.78, 5) is 25.4. The van der Waals surface area contributed by atoms with Gasteiger partial charge in [0, 0.05) is 16.4 Å². The Bertz CT molecular complexity index is 866. The van der Waals surface area contributed by atoms with Crippen molar-refractivity contribution in [2.45, 2.75) is 12.8 Å². The minimum atomic E-state index is -0.995. The average molecular weight is 336 g/mol. The third-order valence-electron chi connectivity index (χ3n) is 3.93. The molecule has 3 aromatic rings. The fourth-order valence-electron chi connectivity index (χ4n) is 2.63. The van der Waals surface area contributed by atoms with Crippen molar-refractivity contribution in [3.8, 4) is 10.4 Å². The highest BCUT2D eigenvalue weighted by Gasteiger charge is 2.25. The molecule has 0 aliphatic rings. The van der Waals surface area contributed by atoms with Crippen molar-refractivity contribution in [3.05, 3.63) is 82.7 Å². The van der Waals surface area contributed by atoms with Gasteiger partial charge in [0.2, 0.25) is 0 Å². The van der Waals surface area contributed by atoms with Crippen LogP contribution in [0, 0.1) is 0 Å². The Morgan fingerprint density at radius 1 is 0.958 bits per heavy atom. The molecule has 24 heavy (non-hydrogen) atoms. The summed E-state index contributed by atoms with van der Waals surface area (Å²) in [6, 6.07) is 20.4. The Balaban J connectivity index is 2.02. The van der Waals surface area contributed by atoms with E-state index >= 15 is 0 Å². The van der Waals surface area contributed by atoms with Crippen LogP contribution in [0.25, 0.3) is 10.4 Å². The second kappa shape index (κ2) is 6.81. The lowest BCUT2D eigenvalue weighted by molar-refractivity contribution is 0.0701. The molecule has 1 heterocycles. The van der Waals surface area contributed by atoms with Gasteiger partial charge in [-0.2, -0.15) is 0 Å². The Kier molecular flexibility index (Phi) is 4.58. The first-order chi connectivity index (χ1) is 11.6. The zero-order valence-electron chi connectivity index (χ0n) is 13.1. The van der Waals surface area contributed by atoms with Crippen LogP contribution in [-0.2, 0) is 0 Å². The molecular formula is C20H16O3S. The standard InChI is InChI=1S/C20H16O3S/c1-13(18(21)15-10-6-3-7-11-15)16-12-17(24-19(16)20(22)23)14-8-4-2-5-9-14/h2-13H,1H3,(H,22,23). The molecule has 3 nitrogen and oxygen atoms in total. The van der Waals surface area contributed by atoms with E-state index < -0.39 is 11.9 Å². The largest absolute Gasteiger partial charge is 0.477 e. The van der Waals surface area contributed by atoms with E-state index in [1.165, 1.54) is 11.3 Å². The summed E-state index contributed by atoms with van der Waals surface area (Å²) in [6.45, 7) is 1.76. The second-order valence-corrected chi connectivity index (χ2v) is 6.57. The first kappa shape index (κ1) is 16.1. The van der Waals surface area contributed by atoms with Crippen molar-refractivity contribution in [3.63, 3.8) is 0 Å². The number of aromatic carboxylic acids is 1. The normalized spacial score (nSPS) is 11.9. The van der Waals surface area contributed by atoms with E-state index in [-0.39, 0.29) is 10.7 Å². The zero-order valence-corrected chi connectivity index (χ0v) is 13.9. The van der Waals surface area contributed by atoms with Crippen LogP contribution < -0.4 is 0 Å². The average Bonchev–Trinajstić information content (AvgIpc) is 3.07. The quantitative estimate of drug-likeness (QED) is 0.660. The molecule has 0 saturated heterocycles. The van der Waals surface area contributed by atoms with Crippen LogP contribution in [-0.4, -0.2) is 16.9 Å².